The van der Waals surface area contributed by atoms with Gasteiger partial charge in [-0.15, -0.1) is 0 Å². The van der Waals surface area contributed by atoms with E-state index in [4.69, 9.17) is 25.4 Å². The van der Waals surface area contributed by atoms with E-state index in [2.05, 4.69) is 0 Å². The first-order valence-electron chi connectivity index (χ1n) is 7.21. The van der Waals surface area contributed by atoms with Gasteiger partial charge in [-0.3, -0.25) is 0 Å². The minimum Gasteiger partial charge on any atom is -0.394 e. The summed E-state index contributed by atoms with van der Waals surface area (Å²) in [7, 11) is 0. The maximum Gasteiger partial charge on any atom is 0.187 e. The first-order chi connectivity index (χ1) is 10.8. The lowest BCUT2D eigenvalue weighted by Crippen LogP contribution is -2.62. The van der Waals surface area contributed by atoms with Gasteiger partial charge in [0.1, 0.15) is 42.7 Å². The van der Waals surface area contributed by atoms with Crippen LogP contribution in [0.5, 0.6) is 0 Å². The Kier molecular flexibility index (Phi) is 6.08. The molecule has 2 rings (SSSR count). The molecule has 9 atom stereocenters. The number of aliphatic hydroxyl groups excluding tert-OH is 7. The number of ether oxygens (including phenoxy) is 2. The molecule has 0 saturated carbocycles. The van der Waals surface area contributed by atoms with E-state index in [1.165, 1.54) is 6.08 Å². The molecule has 10 nitrogen and oxygen atoms in total. The monoisotopic (exact) mass is 337 g/mol. The molecule has 0 amide bonds. The Morgan fingerprint density at radius 3 is 2.22 bits per heavy atom. The fourth-order valence-electron chi connectivity index (χ4n) is 2.72. The first-order valence-corrected chi connectivity index (χ1v) is 7.21. The van der Waals surface area contributed by atoms with Crippen LogP contribution in [0.2, 0.25) is 0 Å². The average molecular weight is 337 g/mol. The third kappa shape index (κ3) is 3.56. The van der Waals surface area contributed by atoms with Crippen molar-refractivity contribution in [2.75, 3.05) is 13.2 Å². The van der Waals surface area contributed by atoms with Gasteiger partial charge in [-0.1, -0.05) is 6.08 Å². The van der Waals surface area contributed by atoms with Crippen LogP contribution in [-0.4, -0.2) is 104 Å². The van der Waals surface area contributed by atoms with Gasteiger partial charge in [-0.05, 0) is 5.57 Å². The molecule has 1 aliphatic heterocycles. The van der Waals surface area contributed by atoms with Crippen LogP contribution in [0.15, 0.2) is 11.6 Å². The predicted octanol–water partition coefficient (Wildman–Crippen LogP) is -4.85. The van der Waals surface area contributed by atoms with Crippen LogP contribution in [-0.2, 0) is 9.47 Å². The summed E-state index contributed by atoms with van der Waals surface area (Å²) in [5.41, 5.74) is 5.94. The van der Waals surface area contributed by atoms with E-state index in [1.807, 2.05) is 0 Å². The lowest BCUT2D eigenvalue weighted by Gasteiger charge is -2.43. The molecule has 0 aromatic heterocycles. The summed E-state index contributed by atoms with van der Waals surface area (Å²) in [5, 5.41) is 67.4. The van der Waals surface area contributed by atoms with Crippen molar-refractivity contribution in [3.05, 3.63) is 11.6 Å². The molecule has 0 spiro atoms. The lowest BCUT2D eigenvalue weighted by molar-refractivity contribution is -0.320. The van der Waals surface area contributed by atoms with Crippen LogP contribution in [0, 0.1) is 0 Å². The first kappa shape index (κ1) is 18.7. The average Bonchev–Trinajstić information content (AvgIpc) is 2.54. The summed E-state index contributed by atoms with van der Waals surface area (Å²) in [5.74, 6) is 0. The highest BCUT2D eigenvalue weighted by atomic mass is 16.7. The van der Waals surface area contributed by atoms with Crippen molar-refractivity contribution >= 4 is 0 Å². The Morgan fingerprint density at radius 2 is 1.65 bits per heavy atom. The number of rotatable bonds is 4. The molecule has 2 aliphatic rings. The van der Waals surface area contributed by atoms with E-state index in [0.717, 1.165) is 0 Å². The predicted molar refractivity (Wildman–Crippen MR) is 73.8 cm³/mol. The second-order valence-corrected chi connectivity index (χ2v) is 5.71. The van der Waals surface area contributed by atoms with Crippen molar-refractivity contribution in [3.63, 3.8) is 0 Å². The van der Waals surface area contributed by atoms with E-state index >= 15 is 0 Å². The summed E-state index contributed by atoms with van der Waals surface area (Å²) in [6.07, 6.45) is -10.2. The molecule has 1 heterocycles. The third-order valence-corrected chi connectivity index (χ3v) is 4.15. The van der Waals surface area contributed by atoms with Gasteiger partial charge in [-0.2, -0.15) is 0 Å². The van der Waals surface area contributed by atoms with Crippen LogP contribution in [0.1, 0.15) is 0 Å². The topological polar surface area (TPSA) is 186 Å². The number of nitrogens with two attached hydrogens (primary N) is 1. The molecule has 0 aromatic carbocycles. The van der Waals surface area contributed by atoms with Gasteiger partial charge in [0.05, 0.1) is 19.3 Å². The molecular weight excluding hydrogens is 314 g/mol. The van der Waals surface area contributed by atoms with E-state index in [1.54, 1.807) is 0 Å². The van der Waals surface area contributed by atoms with Crippen molar-refractivity contribution in [2.24, 2.45) is 5.73 Å². The fraction of sp³-hybridized carbons (Fsp3) is 0.846. The zero-order valence-corrected chi connectivity index (χ0v) is 12.2. The molecule has 134 valence electrons. The van der Waals surface area contributed by atoms with Gasteiger partial charge in [-0.25, -0.2) is 0 Å². The largest absolute Gasteiger partial charge is 0.394 e. The van der Waals surface area contributed by atoms with E-state index in [9.17, 15) is 25.5 Å². The minimum atomic E-state index is -1.65. The van der Waals surface area contributed by atoms with Crippen molar-refractivity contribution in [2.45, 2.75) is 55.1 Å². The van der Waals surface area contributed by atoms with E-state index in [-0.39, 0.29) is 5.57 Å². The molecular formula is C13H23NO9. The third-order valence-electron chi connectivity index (χ3n) is 4.15. The number of hydrogen-bond donors (Lipinski definition) is 8. The summed E-state index contributed by atoms with van der Waals surface area (Å²) in [4.78, 5) is 0. The van der Waals surface area contributed by atoms with E-state index in [0.29, 0.717) is 0 Å². The Bertz CT molecular complexity index is 432. The molecule has 9 N–H and O–H groups in total. The zero-order chi connectivity index (χ0) is 17.3. The molecule has 1 aliphatic carbocycles. The van der Waals surface area contributed by atoms with Gasteiger partial charge in [0, 0.05) is 0 Å². The Morgan fingerprint density at radius 1 is 1.00 bits per heavy atom. The van der Waals surface area contributed by atoms with Gasteiger partial charge in [0.2, 0.25) is 0 Å². The second kappa shape index (κ2) is 7.49. The zero-order valence-electron chi connectivity index (χ0n) is 12.2. The molecule has 0 radical (unpaired) electrons. The quantitative estimate of drug-likeness (QED) is 0.231. The van der Waals surface area contributed by atoms with Gasteiger partial charge in [0.25, 0.3) is 0 Å². The highest BCUT2D eigenvalue weighted by molar-refractivity contribution is 5.21. The van der Waals surface area contributed by atoms with Crippen molar-refractivity contribution < 1.29 is 45.2 Å². The van der Waals surface area contributed by atoms with Crippen molar-refractivity contribution in [1.29, 1.82) is 0 Å². The lowest BCUT2D eigenvalue weighted by atomic mass is 9.88. The van der Waals surface area contributed by atoms with Crippen LogP contribution < -0.4 is 5.73 Å². The standard InChI is InChI=1S/C13H23NO9/c14-5-1-4(2-15)7(17)10(20)12(5)23-13-11(21)9(19)8(18)6(3-16)22-13/h1,5-13,15-21H,2-3,14H2/t5-,6+,7+,8+,9-,10-,11+,12-,13-/m0/s1. The minimum absolute atomic E-state index is 0.138. The maximum absolute atomic E-state index is 10.1. The Hall–Kier alpha value is -0.660. The van der Waals surface area contributed by atoms with Crippen LogP contribution in [0.3, 0.4) is 0 Å². The molecule has 0 unspecified atom stereocenters. The smallest absolute Gasteiger partial charge is 0.187 e. The summed E-state index contributed by atoms with van der Waals surface area (Å²) in [6, 6.07) is -0.914. The van der Waals surface area contributed by atoms with Gasteiger partial charge in [0.15, 0.2) is 6.29 Å². The van der Waals surface area contributed by atoms with Gasteiger partial charge < -0.3 is 51.0 Å². The second-order valence-electron chi connectivity index (χ2n) is 5.71. The SMILES string of the molecule is N[C@H]1C=C(CO)[C@@H](O)[C@H](O)[C@H]1O[C@@H]1O[C@H](CO)[C@@H](O)[C@H](O)[C@H]1O. The highest BCUT2D eigenvalue weighted by Crippen LogP contribution is 2.27. The van der Waals surface area contributed by atoms with Crippen molar-refractivity contribution in [1.82, 2.24) is 0 Å². The maximum atomic E-state index is 10.1. The van der Waals surface area contributed by atoms with E-state index < -0.39 is 68.3 Å². The van der Waals surface area contributed by atoms with Crippen molar-refractivity contribution in [3.8, 4) is 0 Å². The summed E-state index contributed by atoms with van der Waals surface area (Å²) < 4.78 is 10.5. The molecule has 23 heavy (non-hydrogen) atoms. The molecule has 10 heteroatoms. The molecule has 1 saturated heterocycles. The Balaban J connectivity index is 2.13. The van der Waals surface area contributed by atoms with Crippen LogP contribution >= 0.6 is 0 Å². The Labute approximate surface area is 132 Å². The highest BCUT2D eigenvalue weighted by Gasteiger charge is 2.47. The fourth-order valence-corrected chi connectivity index (χ4v) is 2.72. The molecule has 0 aromatic rings. The molecule has 1 fully saturated rings. The number of hydrogen-bond acceptors (Lipinski definition) is 10. The molecule has 0 bridgehead atoms. The normalized spacial score (nSPS) is 48.2. The van der Waals surface area contributed by atoms with Crippen LogP contribution in [0.4, 0.5) is 0 Å². The summed E-state index contributed by atoms with van der Waals surface area (Å²) >= 11 is 0. The van der Waals surface area contributed by atoms with Gasteiger partial charge >= 0.3 is 0 Å². The number of aliphatic hydroxyl groups is 7. The van der Waals surface area contributed by atoms with Crippen LogP contribution in [0.25, 0.3) is 0 Å². The summed E-state index contributed by atoms with van der Waals surface area (Å²) in [6.45, 7) is -1.11.